The van der Waals surface area contributed by atoms with E-state index in [1.807, 2.05) is 43.3 Å². The average molecular weight is 810 g/mol. The lowest BCUT2D eigenvalue weighted by Gasteiger charge is -2.36. The van der Waals surface area contributed by atoms with Crippen molar-refractivity contribution in [3.8, 4) is 11.1 Å². The summed E-state index contributed by atoms with van der Waals surface area (Å²) in [5.74, 6) is -7.59. The van der Waals surface area contributed by atoms with Crippen molar-refractivity contribution in [2.75, 3.05) is 11.4 Å². The van der Waals surface area contributed by atoms with Gasteiger partial charge >= 0.3 is 18.2 Å². The highest BCUT2D eigenvalue weighted by Gasteiger charge is 2.61. The third kappa shape index (κ3) is 9.10. The molecule has 2 aromatic heterocycles. The van der Waals surface area contributed by atoms with Crippen LogP contribution in [0.3, 0.4) is 0 Å². The Morgan fingerprint density at radius 3 is 2.16 bits per heavy atom. The zero-order valence-corrected chi connectivity index (χ0v) is 33.2. The van der Waals surface area contributed by atoms with Crippen LogP contribution in [0.1, 0.15) is 89.0 Å². The van der Waals surface area contributed by atoms with Gasteiger partial charge in [0.05, 0.1) is 22.1 Å². The van der Waals surface area contributed by atoms with Crippen LogP contribution in [0.25, 0.3) is 33.2 Å². The number of carbonyl (C=O) groups excluding carboxylic acids is 3. The third-order valence-corrected chi connectivity index (χ3v) is 10.5. The third-order valence-electron chi connectivity index (χ3n) is 10.5. The van der Waals surface area contributed by atoms with Gasteiger partial charge < -0.3 is 25.8 Å². The Morgan fingerprint density at radius 1 is 0.897 bits per heavy atom. The molecule has 58 heavy (non-hydrogen) atoms. The quantitative estimate of drug-likeness (QED) is 0.0976. The molecule has 3 aromatic carbocycles. The lowest BCUT2D eigenvalue weighted by Crippen LogP contribution is -2.52. The number of hydrogen-bond donors (Lipinski definition) is 4. The van der Waals surface area contributed by atoms with Crippen molar-refractivity contribution in [3.05, 3.63) is 77.4 Å². The van der Waals surface area contributed by atoms with Gasteiger partial charge in [0.1, 0.15) is 17.5 Å². The molecular formula is C42H48F5N7O4. The molecule has 0 saturated heterocycles. The second kappa shape index (κ2) is 16.0. The molecule has 5 aromatic rings. The molecule has 11 nitrogen and oxygen atoms in total. The van der Waals surface area contributed by atoms with E-state index >= 15 is 0 Å². The van der Waals surface area contributed by atoms with E-state index in [0.717, 1.165) is 33.5 Å². The van der Waals surface area contributed by atoms with Crippen molar-refractivity contribution in [2.45, 2.75) is 103 Å². The number of fused-ring (bicyclic) bond motifs is 2. The van der Waals surface area contributed by atoms with Gasteiger partial charge in [-0.05, 0) is 112 Å². The predicted molar refractivity (Wildman–Crippen MR) is 210 cm³/mol. The van der Waals surface area contributed by atoms with Crippen molar-refractivity contribution < 1.29 is 41.1 Å². The number of alkyl carbamates (subject to hydrolysis) is 1. The van der Waals surface area contributed by atoms with Gasteiger partial charge in [0, 0.05) is 30.5 Å². The van der Waals surface area contributed by atoms with Crippen LogP contribution >= 0.6 is 0 Å². The van der Waals surface area contributed by atoms with E-state index in [0.29, 0.717) is 37.8 Å². The van der Waals surface area contributed by atoms with Crippen molar-refractivity contribution >= 4 is 45.7 Å². The number of amides is 3. The van der Waals surface area contributed by atoms with E-state index < -0.39 is 53.4 Å². The van der Waals surface area contributed by atoms with Gasteiger partial charge in [-0.2, -0.15) is 22.0 Å². The second-order valence-electron chi connectivity index (χ2n) is 16.4. The normalized spacial score (nSPS) is 17.1. The number of aryl methyl sites for hydroxylation is 1. The molecule has 1 aliphatic rings. The SMILES string of the molecule is Cc1cc2[nH]c(C(C)C)nc2cc1-c1ccc(C[C@@H](C(N)=O)N(C(=O)C2CCC(CNC(=O)OC(C)(C)C)CC2)c2ccc3nc(C(F)(F)C(F)(F)F)[nH]c3c2)cc1. The molecule has 1 saturated carbocycles. The van der Waals surface area contributed by atoms with E-state index in [4.69, 9.17) is 15.5 Å². The number of H-pyrrole nitrogens is 2. The summed E-state index contributed by atoms with van der Waals surface area (Å²) in [7, 11) is 0. The van der Waals surface area contributed by atoms with Gasteiger partial charge in [-0.1, -0.05) is 38.1 Å². The van der Waals surface area contributed by atoms with Crippen molar-refractivity contribution in [2.24, 2.45) is 17.6 Å². The highest BCUT2D eigenvalue weighted by atomic mass is 19.4. The summed E-state index contributed by atoms with van der Waals surface area (Å²) >= 11 is 0. The summed E-state index contributed by atoms with van der Waals surface area (Å²) in [5.41, 5.74) is 10.3. The fourth-order valence-corrected chi connectivity index (χ4v) is 7.38. The fourth-order valence-electron chi connectivity index (χ4n) is 7.38. The smallest absolute Gasteiger partial charge is 0.444 e. The Balaban J connectivity index is 1.29. The molecule has 0 aliphatic heterocycles. The van der Waals surface area contributed by atoms with Crippen LogP contribution in [0.5, 0.6) is 0 Å². The molecular weight excluding hydrogens is 761 g/mol. The zero-order chi connectivity index (χ0) is 42.3. The number of nitrogens with two attached hydrogens (primary N) is 1. The largest absolute Gasteiger partial charge is 0.461 e. The number of anilines is 1. The zero-order valence-electron chi connectivity index (χ0n) is 33.2. The molecule has 5 N–H and O–H groups in total. The van der Waals surface area contributed by atoms with Crippen molar-refractivity contribution in [3.63, 3.8) is 0 Å². The van der Waals surface area contributed by atoms with Gasteiger partial charge in [-0.3, -0.25) is 14.5 Å². The van der Waals surface area contributed by atoms with Gasteiger partial charge in [0.25, 0.3) is 0 Å². The number of hydrogen-bond acceptors (Lipinski definition) is 6. The molecule has 0 bridgehead atoms. The first kappa shape index (κ1) is 42.1. The highest BCUT2D eigenvalue weighted by molar-refractivity contribution is 6.03. The molecule has 0 radical (unpaired) electrons. The van der Waals surface area contributed by atoms with E-state index in [1.54, 1.807) is 20.8 Å². The number of nitrogens with zero attached hydrogens (tertiary/aromatic N) is 3. The van der Waals surface area contributed by atoms with Gasteiger partial charge in [0.2, 0.25) is 11.8 Å². The summed E-state index contributed by atoms with van der Waals surface area (Å²) in [4.78, 5) is 55.0. The van der Waals surface area contributed by atoms with Gasteiger partial charge in [-0.25, -0.2) is 14.8 Å². The molecule has 1 atom stereocenters. The number of ether oxygens (including phenoxy) is 1. The lowest BCUT2D eigenvalue weighted by molar-refractivity contribution is -0.292. The second-order valence-corrected chi connectivity index (χ2v) is 16.4. The van der Waals surface area contributed by atoms with Crippen LogP contribution in [-0.2, 0) is 26.7 Å². The number of nitrogens with one attached hydrogen (secondary N) is 3. The highest BCUT2D eigenvalue weighted by Crippen LogP contribution is 2.43. The Labute approximate surface area is 332 Å². The van der Waals surface area contributed by atoms with E-state index in [2.05, 4.69) is 34.1 Å². The number of halogens is 5. The number of rotatable bonds is 11. The summed E-state index contributed by atoms with van der Waals surface area (Å²) in [5, 5.41) is 2.78. The van der Waals surface area contributed by atoms with Crippen LogP contribution in [0, 0.1) is 18.8 Å². The van der Waals surface area contributed by atoms with Crippen LogP contribution in [0.4, 0.5) is 32.4 Å². The lowest BCUT2D eigenvalue weighted by atomic mass is 9.81. The predicted octanol–water partition coefficient (Wildman–Crippen LogP) is 8.95. The van der Waals surface area contributed by atoms with Gasteiger partial charge in [0.15, 0.2) is 5.82 Å². The number of alkyl halides is 5. The van der Waals surface area contributed by atoms with Gasteiger partial charge in [-0.15, -0.1) is 0 Å². The number of aromatic nitrogens is 4. The maximum absolute atomic E-state index is 14.5. The Kier molecular flexibility index (Phi) is 11.6. The Hall–Kier alpha value is -5.54. The first-order chi connectivity index (χ1) is 27.1. The minimum absolute atomic E-state index is 0.0238. The molecule has 2 heterocycles. The summed E-state index contributed by atoms with van der Waals surface area (Å²) in [6, 6.07) is 14.0. The van der Waals surface area contributed by atoms with E-state index in [1.165, 1.54) is 23.1 Å². The number of benzene rings is 3. The molecule has 310 valence electrons. The summed E-state index contributed by atoms with van der Waals surface area (Å²) < 4.78 is 73.6. The fraction of sp³-hybridized carbons (Fsp3) is 0.452. The molecule has 1 aliphatic carbocycles. The maximum atomic E-state index is 14.5. The molecule has 0 spiro atoms. The van der Waals surface area contributed by atoms with Crippen LogP contribution in [0.15, 0.2) is 54.6 Å². The number of primary amides is 1. The standard InChI is InChI=1S/C42H48F5N7O4/c1-22(2)36-50-31-17-23(3)29(20-33(31)51-36)26-11-7-24(8-12-26)18-34(35(48)55)54(28-15-16-30-32(19-28)53-38(52-30)41(43,44)42(45,46)47)37(56)27-13-9-25(10-14-27)21-49-39(57)58-40(4,5)6/h7-8,11-12,15-17,19-20,22,25,27,34H,9-10,13-14,18,21H2,1-6H3,(H2,48,55)(H,49,57)(H,50,51)(H,52,53)/t25?,27?,34-/m0/s1. The minimum atomic E-state index is -5.90. The first-order valence-electron chi connectivity index (χ1n) is 19.2. The molecule has 6 rings (SSSR count). The van der Waals surface area contributed by atoms with Crippen molar-refractivity contribution in [1.82, 2.24) is 25.3 Å². The monoisotopic (exact) mass is 809 g/mol. The Morgan fingerprint density at radius 2 is 1.55 bits per heavy atom. The van der Waals surface area contributed by atoms with E-state index in [9.17, 15) is 36.3 Å². The number of carbonyl (C=O) groups is 3. The van der Waals surface area contributed by atoms with Crippen LogP contribution in [0.2, 0.25) is 0 Å². The maximum Gasteiger partial charge on any atom is 0.461 e. The summed E-state index contributed by atoms with van der Waals surface area (Å²) in [6.07, 6.45) is -4.52. The summed E-state index contributed by atoms with van der Waals surface area (Å²) in [6.45, 7) is 11.7. The van der Waals surface area contributed by atoms with Crippen molar-refractivity contribution in [1.29, 1.82) is 0 Å². The minimum Gasteiger partial charge on any atom is -0.444 e. The molecule has 0 unspecified atom stereocenters. The topological polar surface area (TPSA) is 159 Å². The van der Waals surface area contributed by atoms with Crippen LogP contribution in [-0.4, -0.2) is 62.2 Å². The average Bonchev–Trinajstić information content (AvgIpc) is 3.77. The molecule has 1 fully saturated rings. The van der Waals surface area contributed by atoms with E-state index in [-0.39, 0.29) is 35.0 Å². The number of imidazole rings is 2. The number of aromatic amines is 2. The first-order valence-corrected chi connectivity index (χ1v) is 19.2. The molecule has 3 amide bonds. The van der Waals surface area contributed by atoms with Crippen LogP contribution < -0.4 is 16.0 Å². The Bertz CT molecular complexity index is 2300. The molecule has 16 heteroatoms.